The summed E-state index contributed by atoms with van der Waals surface area (Å²) in [5.74, 6) is -1.08. The van der Waals surface area contributed by atoms with Crippen molar-refractivity contribution in [3.63, 3.8) is 0 Å². The zero-order valence-electron chi connectivity index (χ0n) is 15.5. The second-order valence-corrected chi connectivity index (χ2v) is 7.43. The highest BCUT2D eigenvalue weighted by Crippen LogP contribution is 2.24. The van der Waals surface area contributed by atoms with Crippen LogP contribution >= 0.6 is 11.8 Å². The van der Waals surface area contributed by atoms with Crippen molar-refractivity contribution in [1.29, 1.82) is 0 Å². The fourth-order valence-electron chi connectivity index (χ4n) is 2.75. The molecule has 0 radical (unpaired) electrons. The van der Waals surface area contributed by atoms with Crippen molar-refractivity contribution in [2.24, 2.45) is 0 Å². The van der Waals surface area contributed by atoms with Gasteiger partial charge in [0, 0.05) is 27.9 Å². The lowest BCUT2D eigenvalue weighted by Crippen LogP contribution is -2.08. The monoisotopic (exact) mass is 388 g/mol. The fraction of sp³-hybridized carbons (Fsp3) is 0.0833. The van der Waals surface area contributed by atoms with Crippen LogP contribution < -0.4 is 0 Å². The van der Waals surface area contributed by atoms with Crippen LogP contribution in [0, 0.1) is 6.92 Å². The van der Waals surface area contributed by atoms with Crippen LogP contribution in [0.15, 0.2) is 95.4 Å². The Bertz CT molecular complexity index is 988. The van der Waals surface area contributed by atoms with Crippen LogP contribution in [0.2, 0.25) is 0 Å². The van der Waals surface area contributed by atoms with E-state index in [0.29, 0.717) is 11.3 Å². The van der Waals surface area contributed by atoms with Crippen LogP contribution in [0.4, 0.5) is 0 Å². The van der Waals surface area contributed by atoms with Crippen LogP contribution in [0.3, 0.4) is 0 Å². The van der Waals surface area contributed by atoms with Crippen LogP contribution in [0.1, 0.15) is 15.9 Å². The second kappa shape index (κ2) is 9.20. The number of benzene rings is 3. The molecule has 3 nitrogen and oxygen atoms in total. The molecule has 0 aliphatic carbocycles. The molecule has 140 valence electrons. The highest BCUT2D eigenvalue weighted by atomic mass is 32.2. The number of rotatable bonds is 7. The number of carbonyl (C=O) groups excluding carboxylic acids is 1. The second-order valence-electron chi connectivity index (χ2n) is 6.38. The minimum absolute atomic E-state index is 0.262. The molecule has 0 aromatic heterocycles. The molecular formula is C24H20O3S. The number of aryl methyl sites for hydroxylation is 1. The maximum absolute atomic E-state index is 12.9. The molecule has 3 aromatic rings. The predicted octanol–water partition coefficient (Wildman–Crippen LogP) is 5.65. The van der Waals surface area contributed by atoms with Gasteiger partial charge in [-0.25, -0.2) is 4.79 Å². The molecule has 3 rings (SSSR count). The van der Waals surface area contributed by atoms with Crippen LogP contribution in [0.5, 0.6) is 0 Å². The summed E-state index contributed by atoms with van der Waals surface area (Å²) in [4.78, 5) is 25.1. The van der Waals surface area contributed by atoms with Gasteiger partial charge in [-0.2, -0.15) is 0 Å². The van der Waals surface area contributed by atoms with Crippen molar-refractivity contribution in [3.05, 3.63) is 102 Å². The number of thioether (sulfide) groups is 1. The Balaban J connectivity index is 1.77. The summed E-state index contributed by atoms with van der Waals surface area (Å²) in [5, 5.41) is 9.17. The van der Waals surface area contributed by atoms with E-state index in [1.165, 1.54) is 11.8 Å². The number of ketones is 1. The van der Waals surface area contributed by atoms with Gasteiger partial charge in [-0.1, -0.05) is 72.3 Å². The van der Waals surface area contributed by atoms with Crippen LogP contribution in [0.25, 0.3) is 11.1 Å². The molecule has 3 aromatic carbocycles. The van der Waals surface area contributed by atoms with E-state index in [1.54, 1.807) is 12.1 Å². The maximum Gasteiger partial charge on any atom is 0.328 e. The van der Waals surface area contributed by atoms with Crippen LogP contribution in [-0.4, -0.2) is 22.6 Å². The lowest BCUT2D eigenvalue weighted by atomic mass is 10.00. The normalized spacial score (nSPS) is 11.2. The third kappa shape index (κ3) is 5.21. The molecule has 0 heterocycles. The van der Waals surface area contributed by atoms with Gasteiger partial charge in [0.05, 0.1) is 0 Å². The van der Waals surface area contributed by atoms with E-state index in [0.717, 1.165) is 27.7 Å². The van der Waals surface area contributed by atoms with E-state index in [1.807, 2.05) is 73.7 Å². The number of hydrogen-bond donors (Lipinski definition) is 1. The number of aliphatic carboxylic acids is 1. The number of Topliss-reactive ketones (excluding diaryl/α,β-unsaturated/α-hetero) is 1. The Labute approximate surface area is 168 Å². The molecular weight excluding hydrogens is 368 g/mol. The molecule has 0 amide bonds. The smallest absolute Gasteiger partial charge is 0.328 e. The fourth-order valence-corrected chi connectivity index (χ4v) is 3.61. The lowest BCUT2D eigenvalue weighted by molar-refractivity contribution is -0.131. The minimum atomic E-state index is -1.12. The van der Waals surface area contributed by atoms with Gasteiger partial charge in [-0.3, -0.25) is 4.79 Å². The first-order valence-electron chi connectivity index (χ1n) is 8.86. The Morgan fingerprint density at radius 2 is 1.46 bits per heavy atom. The highest BCUT2D eigenvalue weighted by molar-refractivity contribution is 7.99. The van der Waals surface area contributed by atoms with Crippen molar-refractivity contribution in [2.75, 3.05) is 5.75 Å². The first-order valence-corrected chi connectivity index (χ1v) is 9.84. The topological polar surface area (TPSA) is 54.4 Å². The molecule has 0 aliphatic heterocycles. The standard InChI is InChI=1S/C24H20O3S/c1-17-7-13-22(14-8-17)28-16-21(15-23(25)26)24(27)20-11-9-19(10-12-20)18-5-3-2-4-6-18/h2-15H,16H2,1H3,(H,25,26). The quantitative estimate of drug-likeness (QED) is 0.323. The maximum atomic E-state index is 12.9. The Kier molecular flexibility index (Phi) is 6.45. The molecule has 0 aliphatic rings. The summed E-state index contributed by atoms with van der Waals surface area (Å²) in [6.45, 7) is 2.01. The first-order chi connectivity index (χ1) is 13.5. The third-order valence-electron chi connectivity index (χ3n) is 4.26. The van der Waals surface area contributed by atoms with E-state index in [4.69, 9.17) is 5.11 Å². The van der Waals surface area contributed by atoms with Gasteiger partial charge in [0.15, 0.2) is 5.78 Å². The van der Waals surface area contributed by atoms with Gasteiger partial charge in [0.1, 0.15) is 0 Å². The summed E-state index contributed by atoms with van der Waals surface area (Å²) in [6, 6.07) is 25.1. The van der Waals surface area contributed by atoms with E-state index >= 15 is 0 Å². The molecule has 28 heavy (non-hydrogen) atoms. The molecule has 0 saturated heterocycles. The first kappa shape index (κ1) is 19.6. The third-order valence-corrected chi connectivity index (χ3v) is 5.32. The van der Waals surface area contributed by atoms with Gasteiger partial charge in [0.2, 0.25) is 0 Å². The summed E-state index contributed by atoms with van der Waals surface area (Å²) in [6.07, 6.45) is 1.01. The van der Waals surface area contributed by atoms with Gasteiger partial charge in [-0.15, -0.1) is 11.8 Å². The van der Waals surface area contributed by atoms with Crippen molar-refractivity contribution in [2.45, 2.75) is 11.8 Å². The summed E-state index contributed by atoms with van der Waals surface area (Å²) in [5.41, 5.74) is 3.98. The predicted molar refractivity (Wildman–Crippen MR) is 114 cm³/mol. The van der Waals surface area contributed by atoms with E-state index in [2.05, 4.69) is 0 Å². The molecule has 0 fully saturated rings. The Hall–Kier alpha value is -3.11. The molecule has 0 atom stereocenters. The minimum Gasteiger partial charge on any atom is -0.478 e. The van der Waals surface area contributed by atoms with E-state index < -0.39 is 5.97 Å². The van der Waals surface area contributed by atoms with Gasteiger partial charge >= 0.3 is 5.97 Å². The average molecular weight is 388 g/mol. The van der Waals surface area contributed by atoms with Crippen molar-refractivity contribution >= 4 is 23.5 Å². The molecule has 0 saturated carbocycles. The summed E-state index contributed by atoms with van der Waals surface area (Å²) >= 11 is 1.45. The van der Waals surface area contributed by atoms with E-state index in [-0.39, 0.29) is 11.4 Å². The summed E-state index contributed by atoms with van der Waals surface area (Å²) in [7, 11) is 0. The molecule has 0 spiro atoms. The largest absolute Gasteiger partial charge is 0.478 e. The highest BCUT2D eigenvalue weighted by Gasteiger charge is 2.15. The van der Waals surface area contributed by atoms with Crippen molar-refractivity contribution < 1.29 is 14.7 Å². The zero-order chi connectivity index (χ0) is 19.9. The zero-order valence-corrected chi connectivity index (χ0v) is 16.3. The number of carboxylic acids is 1. The number of hydrogen-bond acceptors (Lipinski definition) is 3. The Morgan fingerprint density at radius 1 is 0.857 bits per heavy atom. The Morgan fingerprint density at radius 3 is 2.07 bits per heavy atom. The van der Waals surface area contributed by atoms with Gasteiger partial charge in [0.25, 0.3) is 0 Å². The van der Waals surface area contributed by atoms with Crippen molar-refractivity contribution in [3.8, 4) is 11.1 Å². The average Bonchev–Trinajstić information content (AvgIpc) is 2.72. The van der Waals surface area contributed by atoms with Gasteiger partial charge < -0.3 is 5.11 Å². The molecule has 0 unspecified atom stereocenters. The van der Waals surface area contributed by atoms with E-state index in [9.17, 15) is 9.59 Å². The van der Waals surface area contributed by atoms with Crippen LogP contribution in [-0.2, 0) is 4.79 Å². The number of carboxylic acid groups (broad SMARTS) is 1. The molecule has 1 N–H and O–H groups in total. The molecule has 0 bridgehead atoms. The molecule has 4 heteroatoms. The lowest BCUT2D eigenvalue weighted by Gasteiger charge is -2.08. The number of carbonyl (C=O) groups is 2. The summed E-state index contributed by atoms with van der Waals surface area (Å²) < 4.78 is 0. The SMILES string of the molecule is Cc1ccc(SCC(=CC(=O)O)C(=O)c2ccc(-c3ccccc3)cc2)cc1. The van der Waals surface area contributed by atoms with Gasteiger partial charge in [-0.05, 0) is 30.2 Å². The van der Waals surface area contributed by atoms with Crippen molar-refractivity contribution in [1.82, 2.24) is 0 Å².